The molecule has 0 aliphatic carbocycles. The molecule has 0 bridgehead atoms. The summed E-state index contributed by atoms with van der Waals surface area (Å²) in [4.78, 5) is 28.5. The van der Waals surface area contributed by atoms with Gasteiger partial charge in [-0.3, -0.25) is 14.5 Å². The Morgan fingerprint density at radius 1 is 0.900 bits per heavy atom. The summed E-state index contributed by atoms with van der Waals surface area (Å²) in [5, 5.41) is 0. The Kier molecular flexibility index (Phi) is 5.64. The first-order valence-corrected chi connectivity index (χ1v) is 10.8. The van der Waals surface area contributed by atoms with Crippen molar-refractivity contribution in [2.75, 3.05) is 0 Å². The highest BCUT2D eigenvalue weighted by molar-refractivity contribution is 8.03. The molecular weight excluding hydrogens is 394 g/mol. The van der Waals surface area contributed by atoms with Crippen LogP contribution >= 0.6 is 11.8 Å². The molecule has 0 saturated heterocycles. The fourth-order valence-corrected chi connectivity index (χ4v) is 4.60. The van der Waals surface area contributed by atoms with E-state index in [1.165, 1.54) is 16.7 Å². The van der Waals surface area contributed by atoms with Crippen molar-refractivity contribution in [2.24, 2.45) is 0 Å². The van der Waals surface area contributed by atoms with Gasteiger partial charge in [-0.05, 0) is 49.6 Å². The van der Waals surface area contributed by atoms with Crippen LogP contribution in [0.4, 0.5) is 0 Å². The number of benzene rings is 2. The van der Waals surface area contributed by atoms with Crippen molar-refractivity contribution in [1.29, 1.82) is 0 Å². The number of thioether (sulfide) groups is 1. The highest BCUT2D eigenvalue weighted by atomic mass is 32.2. The smallest absolute Gasteiger partial charge is 0.268 e. The highest BCUT2D eigenvalue weighted by Crippen LogP contribution is 2.39. The number of carbonyl (C=O) groups is 2. The Balaban J connectivity index is 1.70. The van der Waals surface area contributed by atoms with Gasteiger partial charge in [0, 0.05) is 0 Å². The van der Waals surface area contributed by atoms with Crippen molar-refractivity contribution >= 4 is 29.1 Å². The van der Waals surface area contributed by atoms with Gasteiger partial charge in [-0.15, -0.1) is 11.8 Å². The Morgan fingerprint density at radius 3 is 2.30 bits per heavy atom. The van der Waals surface area contributed by atoms with E-state index in [0.29, 0.717) is 16.2 Å². The van der Waals surface area contributed by atoms with Crippen molar-refractivity contribution in [3.63, 3.8) is 0 Å². The van der Waals surface area contributed by atoms with E-state index in [4.69, 9.17) is 4.42 Å². The van der Waals surface area contributed by atoms with Gasteiger partial charge in [-0.25, -0.2) is 0 Å². The van der Waals surface area contributed by atoms with E-state index in [2.05, 4.69) is 0 Å². The van der Waals surface area contributed by atoms with E-state index in [-0.39, 0.29) is 18.4 Å². The van der Waals surface area contributed by atoms with Gasteiger partial charge >= 0.3 is 0 Å². The lowest BCUT2D eigenvalue weighted by Gasteiger charge is -2.16. The predicted molar refractivity (Wildman–Crippen MR) is 120 cm³/mol. The molecule has 0 atom stereocenters. The molecule has 0 radical (unpaired) electrons. The molecule has 152 valence electrons. The van der Waals surface area contributed by atoms with Gasteiger partial charge in [0.1, 0.15) is 5.76 Å². The standard InChI is InChI=1S/C25H23NO3S/c1-16-6-9-19(10-7-16)14-26-24(27)22(21-11-8-17(2)13-18(21)3)23(25(26)28)30-15-20-5-4-12-29-20/h4-13H,14-15H2,1-3H3. The summed E-state index contributed by atoms with van der Waals surface area (Å²) in [6.45, 7) is 6.27. The number of nitrogens with zero attached hydrogens (tertiary/aromatic N) is 1. The third-order valence-corrected chi connectivity index (χ3v) is 6.27. The molecule has 2 amide bonds. The molecule has 0 N–H and O–H groups in total. The Hall–Kier alpha value is -3.05. The predicted octanol–water partition coefficient (Wildman–Crippen LogP) is 5.42. The maximum absolute atomic E-state index is 13.4. The molecule has 0 unspecified atom stereocenters. The summed E-state index contributed by atoms with van der Waals surface area (Å²) >= 11 is 1.36. The number of imide groups is 1. The van der Waals surface area contributed by atoms with Crippen LogP contribution in [0.3, 0.4) is 0 Å². The average molecular weight is 418 g/mol. The SMILES string of the molecule is Cc1ccc(CN2C(=O)C(SCc3ccco3)=C(c3ccc(C)cc3C)C2=O)cc1. The molecule has 2 heterocycles. The van der Waals surface area contributed by atoms with Crippen molar-refractivity contribution in [3.8, 4) is 0 Å². The molecule has 2 aromatic carbocycles. The quantitative estimate of drug-likeness (QED) is 0.503. The molecule has 1 aromatic heterocycles. The first-order chi connectivity index (χ1) is 14.4. The van der Waals surface area contributed by atoms with Crippen LogP contribution < -0.4 is 0 Å². The largest absolute Gasteiger partial charge is 0.468 e. The van der Waals surface area contributed by atoms with Crippen LogP contribution in [-0.2, 0) is 21.9 Å². The fourth-order valence-electron chi connectivity index (χ4n) is 3.58. The van der Waals surface area contributed by atoms with Gasteiger partial charge < -0.3 is 4.42 Å². The second-order valence-electron chi connectivity index (χ2n) is 7.57. The maximum atomic E-state index is 13.4. The zero-order valence-corrected chi connectivity index (χ0v) is 18.1. The van der Waals surface area contributed by atoms with Gasteiger partial charge in [0.15, 0.2) is 0 Å². The summed E-state index contributed by atoms with van der Waals surface area (Å²) in [5.41, 5.74) is 5.48. The maximum Gasteiger partial charge on any atom is 0.268 e. The van der Waals surface area contributed by atoms with Crippen LogP contribution in [-0.4, -0.2) is 16.7 Å². The average Bonchev–Trinajstić information content (AvgIpc) is 3.31. The zero-order valence-electron chi connectivity index (χ0n) is 17.3. The molecule has 1 aliphatic heterocycles. The van der Waals surface area contributed by atoms with Crippen molar-refractivity contribution in [2.45, 2.75) is 33.1 Å². The Bertz CT molecular complexity index is 1130. The second-order valence-corrected chi connectivity index (χ2v) is 8.56. The van der Waals surface area contributed by atoms with E-state index in [9.17, 15) is 9.59 Å². The van der Waals surface area contributed by atoms with Gasteiger partial charge in [0.05, 0.1) is 29.0 Å². The highest BCUT2D eigenvalue weighted by Gasteiger charge is 2.39. The topological polar surface area (TPSA) is 50.5 Å². The lowest BCUT2D eigenvalue weighted by atomic mass is 9.99. The number of amides is 2. The Morgan fingerprint density at radius 2 is 1.63 bits per heavy atom. The minimum absolute atomic E-state index is 0.241. The molecule has 3 aromatic rings. The van der Waals surface area contributed by atoms with E-state index in [1.54, 1.807) is 6.26 Å². The zero-order chi connectivity index (χ0) is 21.3. The van der Waals surface area contributed by atoms with Crippen molar-refractivity contribution in [1.82, 2.24) is 4.90 Å². The summed E-state index contributed by atoms with van der Waals surface area (Å²) < 4.78 is 5.42. The van der Waals surface area contributed by atoms with Gasteiger partial charge in [0.25, 0.3) is 11.8 Å². The number of carbonyl (C=O) groups excluding carboxylic acids is 2. The van der Waals surface area contributed by atoms with Crippen molar-refractivity contribution in [3.05, 3.63) is 99.3 Å². The molecular formula is C25H23NO3S. The van der Waals surface area contributed by atoms with E-state index in [0.717, 1.165) is 33.6 Å². The summed E-state index contributed by atoms with van der Waals surface area (Å²) in [7, 11) is 0. The summed E-state index contributed by atoms with van der Waals surface area (Å²) in [6, 6.07) is 17.5. The van der Waals surface area contributed by atoms with Gasteiger partial charge in [0.2, 0.25) is 0 Å². The number of furan rings is 1. The number of aryl methyl sites for hydroxylation is 3. The molecule has 0 saturated carbocycles. The Labute approximate surface area is 180 Å². The normalized spacial score (nSPS) is 14.2. The van der Waals surface area contributed by atoms with Crippen molar-refractivity contribution < 1.29 is 14.0 Å². The van der Waals surface area contributed by atoms with E-state index < -0.39 is 0 Å². The van der Waals surface area contributed by atoms with Crippen LogP contribution in [0.1, 0.15) is 33.6 Å². The second kappa shape index (κ2) is 8.36. The number of hydrogen-bond acceptors (Lipinski definition) is 4. The third kappa shape index (κ3) is 3.98. The molecule has 4 rings (SSSR count). The van der Waals surface area contributed by atoms with E-state index in [1.807, 2.05) is 75.4 Å². The van der Waals surface area contributed by atoms with Gasteiger partial charge in [-0.1, -0.05) is 53.6 Å². The van der Waals surface area contributed by atoms with Crippen LogP contribution in [0.15, 0.2) is 70.2 Å². The fraction of sp³-hybridized carbons (Fsp3) is 0.200. The lowest BCUT2D eigenvalue weighted by molar-refractivity contribution is -0.137. The lowest BCUT2D eigenvalue weighted by Crippen LogP contribution is -2.31. The third-order valence-electron chi connectivity index (χ3n) is 5.18. The van der Waals surface area contributed by atoms with Crippen LogP contribution in [0.2, 0.25) is 0 Å². The summed E-state index contributed by atoms with van der Waals surface area (Å²) in [5.74, 6) is 0.778. The molecule has 0 spiro atoms. The van der Waals surface area contributed by atoms with E-state index >= 15 is 0 Å². The van der Waals surface area contributed by atoms with Gasteiger partial charge in [-0.2, -0.15) is 0 Å². The molecule has 0 fully saturated rings. The minimum atomic E-state index is -0.243. The monoisotopic (exact) mass is 417 g/mol. The number of rotatable bonds is 6. The van der Waals surface area contributed by atoms with Crippen LogP contribution in [0.25, 0.3) is 5.57 Å². The van der Waals surface area contributed by atoms with Crippen LogP contribution in [0.5, 0.6) is 0 Å². The first kappa shape index (κ1) is 20.2. The molecule has 1 aliphatic rings. The molecule has 4 nitrogen and oxygen atoms in total. The number of hydrogen-bond donors (Lipinski definition) is 0. The summed E-state index contributed by atoms with van der Waals surface area (Å²) in [6.07, 6.45) is 1.61. The first-order valence-electron chi connectivity index (χ1n) is 9.83. The molecule has 30 heavy (non-hydrogen) atoms. The van der Waals surface area contributed by atoms with Crippen LogP contribution in [0, 0.1) is 20.8 Å². The minimum Gasteiger partial charge on any atom is -0.468 e. The molecule has 5 heteroatoms.